The van der Waals surface area contributed by atoms with Crippen LogP contribution in [0, 0.1) is 0 Å². The van der Waals surface area contributed by atoms with Gasteiger partial charge in [0.25, 0.3) is 0 Å². The second-order valence-electron chi connectivity index (χ2n) is 16.7. The Morgan fingerprint density at radius 2 is 1.02 bits per heavy atom. The second-order valence-corrected chi connectivity index (χ2v) is 17.7. The molecule has 0 N–H and O–H groups in total. The molecule has 2 fully saturated rings. The third kappa shape index (κ3) is 4.60. The highest BCUT2D eigenvalue weighted by Gasteiger charge is 2.48. The fraction of sp³-hybridized carbons (Fsp3) is 0.231. The smallest absolute Gasteiger partial charge is 0.160 e. The summed E-state index contributed by atoms with van der Waals surface area (Å²) in [5, 5.41) is 1.19. The van der Waals surface area contributed by atoms with Crippen LogP contribution in [0.4, 0.5) is 0 Å². The summed E-state index contributed by atoms with van der Waals surface area (Å²) in [6, 6.07) is 50.4. The van der Waals surface area contributed by atoms with Crippen molar-refractivity contribution in [2.75, 3.05) is 0 Å². The lowest BCUT2D eigenvalue weighted by Crippen LogP contribution is -2.29. The average molecular weight is 727 g/mol. The maximum absolute atomic E-state index is 5.31. The summed E-state index contributed by atoms with van der Waals surface area (Å²) in [6.45, 7) is 0. The Hall–Kier alpha value is -5.38. The molecule has 2 aromatic heterocycles. The number of nitrogens with zero attached hydrogens (tertiary/aromatic N) is 2. The van der Waals surface area contributed by atoms with Crippen molar-refractivity contribution < 1.29 is 0 Å². The summed E-state index contributed by atoms with van der Waals surface area (Å²) < 4.78 is 2.39. The topological polar surface area (TPSA) is 25.8 Å². The summed E-state index contributed by atoms with van der Waals surface area (Å²) in [4.78, 5) is 10.5. The predicted octanol–water partition coefficient (Wildman–Crippen LogP) is 14.3. The lowest BCUT2D eigenvalue weighted by atomic mass is 9.66. The van der Waals surface area contributed by atoms with Crippen LogP contribution < -0.4 is 0 Å². The third-order valence-electron chi connectivity index (χ3n) is 13.9. The number of aromatic nitrogens is 2. The van der Waals surface area contributed by atoms with E-state index in [1.54, 1.807) is 33.6 Å². The largest absolute Gasteiger partial charge is 0.226 e. The first-order valence-electron chi connectivity index (χ1n) is 20.5. The molecule has 4 aliphatic carbocycles. The molecule has 0 unspecified atom stereocenters. The molecule has 6 aromatic carbocycles. The lowest BCUT2D eigenvalue weighted by Gasteiger charge is -2.37. The fourth-order valence-electron chi connectivity index (χ4n) is 11.4. The predicted molar refractivity (Wildman–Crippen MR) is 230 cm³/mol. The molecule has 0 saturated heterocycles. The summed E-state index contributed by atoms with van der Waals surface area (Å²) in [5.74, 6) is 0.773. The highest BCUT2D eigenvalue weighted by molar-refractivity contribution is 7.26. The van der Waals surface area contributed by atoms with Crippen LogP contribution in [0.3, 0.4) is 0 Å². The van der Waals surface area contributed by atoms with Gasteiger partial charge in [0.05, 0.1) is 15.9 Å². The summed E-state index contributed by atoms with van der Waals surface area (Å²) in [5.41, 5.74) is 19.3. The van der Waals surface area contributed by atoms with Gasteiger partial charge in [0.15, 0.2) is 5.82 Å². The Kier molecular flexibility index (Phi) is 7.00. The Balaban J connectivity index is 1.03. The van der Waals surface area contributed by atoms with Gasteiger partial charge in [-0.3, -0.25) is 0 Å². The van der Waals surface area contributed by atoms with Crippen LogP contribution in [0.25, 0.3) is 76.3 Å². The molecule has 3 heteroatoms. The van der Waals surface area contributed by atoms with Crippen molar-refractivity contribution in [1.29, 1.82) is 0 Å². The first kappa shape index (κ1) is 31.9. The second kappa shape index (κ2) is 12.1. The Morgan fingerprint density at radius 1 is 0.418 bits per heavy atom. The minimum absolute atomic E-state index is 0.108. The number of rotatable bonds is 3. The highest BCUT2D eigenvalue weighted by Crippen LogP contribution is 2.62. The van der Waals surface area contributed by atoms with Gasteiger partial charge in [0.1, 0.15) is 0 Å². The maximum atomic E-state index is 5.31. The molecule has 0 bridgehead atoms. The van der Waals surface area contributed by atoms with Gasteiger partial charge >= 0.3 is 0 Å². The van der Waals surface area contributed by atoms with Crippen LogP contribution in [-0.4, -0.2) is 9.97 Å². The van der Waals surface area contributed by atoms with Gasteiger partial charge in [-0.15, -0.1) is 11.3 Å². The maximum Gasteiger partial charge on any atom is 0.160 e. The molecule has 0 radical (unpaired) electrons. The van der Waals surface area contributed by atoms with Crippen molar-refractivity contribution >= 4 is 31.6 Å². The van der Waals surface area contributed by atoms with E-state index in [2.05, 4.69) is 133 Å². The normalized spacial score (nSPS) is 17.4. The monoisotopic (exact) mass is 726 g/mol. The molecule has 2 saturated carbocycles. The van der Waals surface area contributed by atoms with Gasteiger partial charge in [-0.05, 0) is 112 Å². The van der Waals surface area contributed by atoms with Gasteiger partial charge < -0.3 is 0 Å². The molecular weight excluding hydrogens is 685 g/mol. The molecule has 0 amide bonds. The molecule has 0 atom stereocenters. The zero-order valence-corrected chi connectivity index (χ0v) is 31.9. The molecule has 12 rings (SSSR count). The number of hydrogen-bond acceptors (Lipinski definition) is 3. The van der Waals surface area contributed by atoms with E-state index in [0.29, 0.717) is 0 Å². The first-order chi connectivity index (χ1) is 27.2. The van der Waals surface area contributed by atoms with Crippen LogP contribution in [0.2, 0.25) is 0 Å². The lowest BCUT2D eigenvalue weighted by molar-refractivity contribution is 0.350. The van der Waals surface area contributed by atoms with Gasteiger partial charge in [-0.2, -0.15) is 0 Å². The summed E-state index contributed by atoms with van der Waals surface area (Å²) in [7, 11) is 0. The highest BCUT2D eigenvalue weighted by atomic mass is 32.1. The van der Waals surface area contributed by atoms with Crippen LogP contribution in [0.5, 0.6) is 0 Å². The average Bonchev–Trinajstić information content (AvgIpc) is 3.85. The molecule has 8 aromatic rings. The van der Waals surface area contributed by atoms with Gasteiger partial charge in [0.2, 0.25) is 0 Å². The molecular formula is C52H42N2S. The Morgan fingerprint density at radius 3 is 1.80 bits per heavy atom. The standard InChI is InChI=1S/C52H42N2S/c1-4-15-33(16-5-1)50-53-47(49-48(54-50)38-20-7-9-22-46(38)55-49)36-18-14-17-34(29-36)35-23-24-43-39(30-35)41-32-44-40(31-45(41)52(43)27-12-3-13-28-52)37-19-6-8-21-42(37)51(44)25-10-2-11-26-51/h1,4-9,14-24,29-32H,2-3,10-13,25-28H2. The van der Waals surface area contributed by atoms with E-state index in [4.69, 9.17) is 9.97 Å². The Labute approximate surface area is 327 Å². The molecule has 4 aliphatic rings. The van der Waals surface area contributed by atoms with Crippen molar-refractivity contribution in [2.24, 2.45) is 0 Å². The number of fused-ring (bicyclic) bond motifs is 13. The SMILES string of the molecule is c1ccc(-c2nc(-c3cccc(-c4ccc5c(c4)-c4cc6c(cc4C54CCCCC4)-c4ccccc4C64CCCCC4)c3)c3sc4ccccc4c3n2)cc1. The van der Waals surface area contributed by atoms with Gasteiger partial charge in [-0.25, -0.2) is 9.97 Å². The van der Waals surface area contributed by atoms with E-state index in [1.807, 2.05) is 0 Å². The summed E-state index contributed by atoms with van der Waals surface area (Å²) in [6.07, 6.45) is 13.0. The van der Waals surface area contributed by atoms with Crippen molar-refractivity contribution in [3.63, 3.8) is 0 Å². The molecule has 266 valence electrons. The van der Waals surface area contributed by atoms with E-state index in [0.717, 1.165) is 32.9 Å². The fourth-order valence-corrected chi connectivity index (χ4v) is 12.5. The summed E-state index contributed by atoms with van der Waals surface area (Å²) >= 11 is 1.80. The first-order valence-corrected chi connectivity index (χ1v) is 21.3. The van der Waals surface area contributed by atoms with Crippen molar-refractivity contribution in [1.82, 2.24) is 9.97 Å². The molecule has 55 heavy (non-hydrogen) atoms. The Bertz CT molecular complexity index is 2830. The zero-order chi connectivity index (χ0) is 36.1. The van der Waals surface area contributed by atoms with Crippen molar-refractivity contribution in [3.8, 4) is 56.0 Å². The molecule has 2 heterocycles. The molecule has 2 spiro atoms. The van der Waals surface area contributed by atoms with E-state index in [1.165, 1.54) is 108 Å². The van der Waals surface area contributed by atoms with Crippen molar-refractivity contribution in [2.45, 2.75) is 75.0 Å². The van der Waals surface area contributed by atoms with Crippen LogP contribution in [-0.2, 0) is 10.8 Å². The zero-order valence-electron chi connectivity index (χ0n) is 31.1. The van der Waals surface area contributed by atoms with E-state index in [9.17, 15) is 0 Å². The van der Waals surface area contributed by atoms with E-state index >= 15 is 0 Å². The minimum Gasteiger partial charge on any atom is -0.226 e. The number of hydrogen-bond donors (Lipinski definition) is 0. The van der Waals surface area contributed by atoms with Crippen molar-refractivity contribution in [3.05, 3.63) is 156 Å². The number of thiophene rings is 1. The minimum atomic E-state index is 0.108. The van der Waals surface area contributed by atoms with Crippen LogP contribution in [0.1, 0.15) is 86.5 Å². The van der Waals surface area contributed by atoms with Crippen LogP contribution >= 0.6 is 11.3 Å². The van der Waals surface area contributed by atoms with Gasteiger partial charge in [0, 0.05) is 32.0 Å². The third-order valence-corrected chi connectivity index (χ3v) is 15.0. The number of benzene rings is 6. The molecule has 2 nitrogen and oxygen atoms in total. The van der Waals surface area contributed by atoms with Crippen LogP contribution in [0.15, 0.2) is 133 Å². The van der Waals surface area contributed by atoms with E-state index < -0.39 is 0 Å². The van der Waals surface area contributed by atoms with Gasteiger partial charge in [-0.1, -0.05) is 142 Å². The quantitative estimate of drug-likeness (QED) is 0.181. The van der Waals surface area contributed by atoms with E-state index in [-0.39, 0.29) is 10.8 Å². The molecule has 0 aliphatic heterocycles.